The lowest BCUT2D eigenvalue weighted by atomic mass is 9.90. The Hall–Kier alpha value is -2.18. The van der Waals surface area contributed by atoms with Crippen molar-refractivity contribution in [3.05, 3.63) is 57.3 Å². The molecule has 0 spiro atoms. The van der Waals surface area contributed by atoms with Gasteiger partial charge in [-0.05, 0) is 61.2 Å². The number of benzene rings is 1. The summed E-state index contributed by atoms with van der Waals surface area (Å²) >= 11 is 1.77. The molecule has 0 bridgehead atoms. The third kappa shape index (κ3) is 6.92. The average molecular weight is 485 g/mol. The van der Waals surface area contributed by atoms with Gasteiger partial charge in [-0.25, -0.2) is 0 Å². The van der Waals surface area contributed by atoms with E-state index in [0.717, 1.165) is 38.5 Å². The van der Waals surface area contributed by atoms with Gasteiger partial charge in [0.1, 0.15) is 0 Å². The number of hydrogen-bond acceptors (Lipinski definition) is 4. The van der Waals surface area contributed by atoms with Crippen molar-refractivity contribution in [2.24, 2.45) is 0 Å². The van der Waals surface area contributed by atoms with Gasteiger partial charge in [-0.3, -0.25) is 9.59 Å². The quantitative estimate of drug-likeness (QED) is 0.340. The van der Waals surface area contributed by atoms with Crippen molar-refractivity contribution in [2.75, 3.05) is 32.8 Å². The molecule has 186 valence electrons. The second-order valence-corrected chi connectivity index (χ2v) is 10.1. The molecule has 0 aliphatic carbocycles. The van der Waals surface area contributed by atoms with Crippen LogP contribution in [-0.4, -0.2) is 54.5 Å². The Morgan fingerprint density at radius 1 is 1.09 bits per heavy atom. The predicted octanol–water partition coefficient (Wildman–Crippen LogP) is 5.76. The molecule has 3 rings (SSSR count). The lowest BCUT2D eigenvalue weighted by molar-refractivity contribution is -0.142. The molecule has 0 saturated carbocycles. The fourth-order valence-electron chi connectivity index (χ4n) is 4.72. The van der Waals surface area contributed by atoms with Crippen LogP contribution in [0.15, 0.2) is 35.7 Å². The van der Waals surface area contributed by atoms with E-state index in [4.69, 9.17) is 4.74 Å². The number of rotatable bonds is 13. The van der Waals surface area contributed by atoms with Crippen LogP contribution in [0.1, 0.15) is 80.0 Å². The molecule has 0 N–H and O–H groups in total. The molecule has 1 aliphatic heterocycles. The Morgan fingerprint density at radius 3 is 2.68 bits per heavy atom. The van der Waals surface area contributed by atoms with Crippen LogP contribution in [0.3, 0.4) is 0 Å². The fourth-order valence-corrected chi connectivity index (χ4v) is 5.63. The van der Waals surface area contributed by atoms with Crippen molar-refractivity contribution in [3.63, 3.8) is 0 Å². The number of thiophene rings is 1. The fraction of sp³-hybridized carbons (Fsp3) is 0.571. The first kappa shape index (κ1) is 26.4. The molecule has 0 fully saturated rings. The number of hydrogen-bond donors (Lipinski definition) is 0. The van der Waals surface area contributed by atoms with Gasteiger partial charge < -0.3 is 14.5 Å². The number of carbonyl (C=O) groups is 2. The van der Waals surface area contributed by atoms with Crippen LogP contribution in [0.2, 0.25) is 0 Å². The number of aryl methyl sites for hydroxylation is 1. The van der Waals surface area contributed by atoms with E-state index in [-0.39, 0.29) is 24.4 Å². The van der Waals surface area contributed by atoms with Crippen molar-refractivity contribution < 1.29 is 14.3 Å². The molecule has 1 aromatic heterocycles. The van der Waals surface area contributed by atoms with E-state index in [1.807, 2.05) is 24.0 Å². The topological polar surface area (TPSA) is 49.9 Å². The van der Waals surface area contributed by atoms with Crippen LogP contribution in [0, 0.1) is 6.92 Å². The summed E-state index contributed by atoms with van der Waals surface area (Å²) in [7, 11) is 0. The van der Waals surface area contributed by atoms with Crippen LogP contribution < -0.4 is 0 Å². The summed E-state index contributed by atoms with van der Waals surface area (Å²) in [5.74, 6) is 0.116. The molecule has 0 radical (unpaired) electrons. The molecular formula is C28H40N2O3S. The van der Waals surface area contributed by atoms with E-state index in [0.29, 0.717) is 32.7 Å². The van der Waals surface area contributed by atoms with Gasteiger partial charge in [0.05, 0.1) is 12.6 Å². The minimum atomic E-state index is -0.0892. The first-order valence-electron chi connectivity index (χ1n) is 12.8. The van der Waals surface area contributed by atoms with Crippen molar-refractivity contribution in [1.29, 1.82) is 0 Å². The minimum Gasteiger partial charge on any atom is -0.382 e. The molecule has 0 unspecified atom stereocenters. The Bertz CT molecular complexity index is 926. The molecular weight excluding hydrogens is 444 g/mol. The van der Waals surface area contributed by atoms with E-state index in [1.165, 1.54) is 21.6 Å². The van der Waals surface area contributed by atoms with Gasteiger partial charge in [-0.15, -0.1) is 11.3 Å². The molecule has 1 atom stereocenters. The largest absolute Gasteiger partial charge is 0.382 e. The van der Waals surface area contributed by atoms with Crippen molar-refractivity contribution >= 4 is 23.2 Å². The van der Waals surface area contributed by atoms with Gasteiger partial charge in [0, 0.05) is 37.6 Å². The lowest BCUT2D eigenvalue weighted by Gasteiger charge is -2.38. The van der Waals surface area contributed by atoms with Gasteiger partial charge in [-0.1, -0.05) is 50.5 Å². The number of fused-ring (bicyclic) bond motifs is 1. The van der Waals surface area contributed by atoms with Crippen molar-refractivity contribution in [3.8, 4) is 0 Å². The third-order valence-electron chi connectivity index (χ3n) is 6.61. The van der Waals surface area contributed by atoms with E-state index in [2.05, 4.69) is 37.4 Å². The Kier molecular flexibility index (Phi) is 10.6. The second-order valence-electron chi connectivity index (χ2n) is 9.07. The standard InChI is InChI=1S/C28H40N2O3S/c1-4-6-7-8-14-26(31)29(17-11-19-33-5-2)21-27(32)30-18-15-25-24(16-20-34-25)28(30)23-13-10-9-12-22(23)3/h9-10,12-13,16,20,28H,4-8,11,14-15,17-19,21H2,1-3H3/t28-/m0/s1. The van der Waals surface area contributed by atoms with E-state index < -0.39 is 0 Å². The Morgan fingerprint density at radius 2 is 1.91 bits per heavy atom. The van der Waals surface area contributed by atoms with Crippen LogP contribution in [-0.2, 0) is 20.7 Å². The zero-order valence-electron chi connectivity index (χ0n) is 21.1. The third-order valence-corrected chi connectivity index (χ3v) is 7.61. The number of carbonyl (C=O) groups excluding carboxylic acids is 2. The number of unbranched alkanes of at least 4 members (excludes halogenated alkanes) is 3. The van der Waals surface area contributed by atoms with E-state index in [9.17, 15) is 9.59 Å². The summed E-state index contributed by atoms with van der Waals surface area (Å²) in [6.07, 6.45) is 6.37. The van der Waals surface area contributed by atoms with Gasteiger partial charge in [-0.2, -0.15) is 0 Å². The maximum Gasteiger partial charge on any atom is 0.242 e. The molecule has 2 heterocycles. The summed E-state index contributed by atoms with van der Waals surface area (Å²) in [5, 5.41) is 2.13. The highest BCUT2D eigenvalue weighted by Gasteiger charge is 2.34. The summed E-state index contributed by atoms with van der Waals surface area (Å²) in [6, 6.07) is 10.4. The highest BCUT2D eigenvalue weighted by atomic mass is 32.1. The maximum atomic E-state index is 13.7. The smallest absolute Gasteiger partial charge is 0.242 e. The molecule has 1 aliphatic rings. The zero-order chi connectivity index (χ0) is 24.3. The number of amides is 2. The average Bonchev–Trinajstić information content (AvgIpc) is 3.32. The minimum absolute atomic E-state index is 0.0309. The van der Waals surface area contributed by atoms with E-state index >= 15 is 0 Å². The predicted molar refractivity (Wildman–Crippen MR) is 139 cm³/mol. The molecule has 6 heteroatoms. The zero-order valence-corrected chi connectivity index (χ0v) is 21.9. The maximum absolute atomic E-state index is 13.7. The van der Waals surface area contributed by atoms with Crippen LogP contribution in [0.4, 0.5) is 0 Å². The molecule has 2 amide bonds. The summed E-state index contributed by atoms with van der Waals surface area (Å²) in [5.41, 5.74) is 3.58. The number of ether oxygens (including phenoxy) is 1. The van der Waals surface area contributed by atoms with Crippen molar-refractivity contribution in [1.82, 2.24) is 9.80 Å². The summed E-state index contributed by atoms with van der Waals surface area (Å²) < 4.78 is 5.48. The summed E-state index contributed by atoms with van der Waals surface area (Å²) in [4.78, 5) is 31.9. The first-order chi connectivity index (χ1) is 16.6. The SMILES string of the molecule is CCCCCCC(=O)N(CCCOCC)CC(=O)N1CCc2sccc2[C@@H]1c1ccccc1C. The van der Waals surface area contributed by atoms with Gasteiger partial charge in [0.25, 0.3) is 0 Å². The van der Waals surface area contributed by atoms with Gasteiger partial charge >= 0.3 is 0 Å². The van der Waals surface area contributed by atoms with Crippen LogP contribution >= 0.6 is 11.3 Å². The molecule has 34 heavy (non-hydrogen) atoms. The van der Waals surface area contributed by atoms with Crippen molar-refractivity contribution in [2.45, 2.75) is 71.8 Å². The highest BCUT2D eigenvalue weighted by molar-refractivity contribution is 7.10. The molecule has 5 nitrogen and oxygen atoms in total. The Balaban J connectivity index is 1.76. The molecule has 1 aromatic carbocycles. The molecule has 2 aromatic rings. The second kappa shape index (κ2) is 13.6. The Labute approximate surface area is 209 Å². The summed E-state index contributed by atoms with van der Waals surface area (Å²) in [6.45, 7) is 8.91. The van der Waals surface area contributed by atoms with Gasteiger partial charge in [0.15, 0.2) is 0 Å². The number of nitrogens with zero attached hydrogens (tertiary/aromatic N) is 2. The van der Waals surface area contributed by atoms with Crippen LogP contribution in [0.5, 0.6) is 0 Å². The van der Waals surface area contributed by atoms with Gasteiger partial charge in [0.2, 0.25) is 11.8 Å². The first-order valence-corrected chi connectivity index (χ1v) is 13.7. The normalized spacial score (nSPS) is 15.3. The lowest BCUT2D eigenvalue weighted by Crippen LogP contribution is -2.47. The highest BCUT2D eigenvalue weighted by Crippen LogP contribution is 2.39. The molecule has 0 saturated heterocycles. The van der Waals surface area contributed by atoms with E-state index in [1.54, 1.807) is 16.2 Å². The van der Waals surface area contributed by atoms with Crippen LogP contribution in [0.25, 0.3) is 0 Å². The monoisotopic (exact) mass is 484 g/mol.